The zero-order valence-corrected chi connectivity index (χ0v) is 14.8. The van der Waals surface area contributed by atoms with Gasteiger partial charge in [-0.15, -0.1) is 0 Å². The van der Waals surface area contributed by atoms with Gasteiger partial charge in [0.25, 0.3) is 11.8 Å². The quantitative estimate of drug-likeness (QED) is 0.455. The van der Waals surface area contributed by atoms with Crippen molar-refractivity contribution < 1.29 is 18.8 Å². The minimum atomic E-state index is -0.383. The van der Waals surface area contributed by atoms with E-state index in [1.54, 1.807) is 18.3 Å². The summed E-state index contributed by atoms with van der Waals surface area (Å²) in [6, 6.07) is 10.7. The number of carbonyl (C=O) groups excluding carboxylic acids is 3. The minimum Gasteiger partial charge on any atom is -0.459 e. The van der Waals surface area contributed by atoms with Crippen molar-refractivity contribution in [2.24, 2.45) is 7.05 Å². The molecule has 0 aliphatic carbocycles. The average molecular weight is 368 g/mol. The van der Waals surface area contributed by atoms with Crippen LogP contribution < -0.4 is 16.2 Å². The lowest BCUT2D eigenvalue weighted by Gasteiger charge is -2.07. The van der Waals surface area contributed by atoms with E-state index in [2.05, 4.69) is 16.2 Å². The first-order chi connectivity index (χ1) is 13.1. The number of amides is 3. The van der Waals surface area contributed by atoms with Crippen molar-refractivity contribution in [2.45, 2.75) is 12.8 Å². The molecule has 3 aromatic rings. The normalized spacial score (nSPS) is 10.6. The average Bonchev–Trinajstić information content (AvgIpc) is 3.32. The predicted molar refractivity (Wildman–Crippen MR) is 98.8 cm³/mol. The molecule has 3 rings (SSSR count). The number of hydrogen-bond acceptors (Lipinski definition) is 4. The summed E-state index contributed by atoms with van der Waals surface area (Å²) < 4.78 is 6.83. The maximum Gasteiger partial charge on any atom is 0.286 e. The van der Waals surface area contributed by atoms with Crippen LogP contribution in [0.15, 0.2) is 53.3 Å². The number of rotatable bonds is 6. The molecule has 8 heteroatoms. The molecule has 3 N–H and O–H groups in total. The molecule has 0 atom stereocenters. The zero-order valence-electron chi connectivity index (χ0n) is 14.8. The fraction of sp³-hybridized carbons (Fsp3) is 0.211. The highest BCUT2D eigenvalue weighted by Crippen LogP contribution is 2.19. The molecule has 0 radical (unpaired) electrons. The van der Waals surface area contributed by atoms with Crippen LogP contribution >= 0.6 is 0 Å². The van der Waals surface area contributed by atoms with E-state index in [4.69, 9.17) is 4.42 Å². The number of nitrogens with zero attached hydrogens (tertiary/aromatic N) is 1. The monoisotopic (exact) mass is 368 g/mol. The number of aryl methyl sites for hydroxylation is 1. The lowest BCUT2D eigenvalue weighted by atomic mass is 10.2. The molecule has 140 valence electrons. The maximum absolute atomic E-state index is 12.3. The van der Waals surface area contributed by atoms with E-state index in [9.17, 15) is 14.4 Å². The van der Waals surface area contributed by atoms with E-state index < -0.39 is 0 Å². The summed E-state index contributed by atoms with van der Waals surface area (Å²) in [5.74, 6) is -0.825. The van der Waals surface area contributed by atoms with E-state index >= 15 is 0 Å². The number of nitrogens with one attached hydrogen (secondary N) is 3. The Bertz CT molecular complexity index is 959. The molecule has 0 fully saturated rings. The van der Waals surface area contributed by atoms with Gasteiger partial charge in [-0.05, 0) is 24.6 Å². The zero-order chi connectivity index (χ0) is 19.2. The van der Waals surface area contributed by atoms with Gasteiger partial charge in [-0.3, -0.25) is 25.2 Å². The topological polar surface area (TPSA) is 105 Å². The Morgan fingerprint density at radius 1 is 1.04 bits per heavy atom. The van der Waals surface area contributed by atoms with E-state index in [1.807, 2.05) is 35.9 Å². The third-order valence-electron chi connectivity index (χ3n) is 4.07. The fourth-order valence-corrected chi connectivity index (χ4v) is 2.72. The van der Waals surface area contributed by atoms with Crippen LogP contribution in [-0.2, 0) is 11.8 Å². The molecular formula is C19H20N4O4. The number of benzene rings is 1. The van der Waals surface area contributed by atoms with Crippen LogP contribution in [0.5, 0.6) is 0 Å². The second kappa shape index (κ2) is 8.22. The van der Waals surface area contributed by atoms with Gasteiger partial charge in [-0.25, -0.2) is 0 Å². The number of hydrazine groups is 1. The molecule has 0 aliphatic heterocycles. The smallest absolute Gasteiger partial charge is 0.286 e. The molecule has 3 amide bonds. The predicted octanol–water partition coefficient (Wildman–Crippen LogP) is 1.74. The number of aromatic nitrogens is 1. The molecule has 1 aromatic carbocycles. The van der Waals surface area contributed by atoms with E-state index in [0.29, 0.717) is 18.5 Å². The lowest BCUT2D eigenvalue weighted by Crippen LogP contribution is -2.41. The SMILES string of the molecule is Cn1cc(C(=O)NNC(=O)CCCNC(=O)c2ccco2)c2ccccc21. The van der Waals surface area contributed by atoms with Gasteiger partial charge in [0.15, 0.2) is 5.76 Å². The largest absolute Gasteiger partial charge is 0.459 e. The van der Waals surface area contributed by atoms with Gasteiger partial charge in [-0.1, -0.05) is 18.2 Å². The first-order valence-electron chi connectivity index (χ1n) is 8.51. The van der Waals surface area contributed by atoms with Crippen molar-refractivity contribution in [3.8, 4) is 0 Å². The van der Waals surface area contributed by atoms with Crippen LogP contribution in [0, 0.1) is 0 Å². The first-order valence-corrected chi connectivity index (χ1v) is 8.51. The fourth-order valence-electron chi connectivity index (χ4n) is 2.72. The van der Waals surface area contributed by atoms with Gasteiger partial charge in [-0.2, -0.15) is 0 Å². The van der Waals surface area contributed by atoms with Gasteiger partial charge in [0.1, 0.15) is 0 Å². The van der Waals surface area contributed by atoms with E-state index in [0.717, 1.165) is 10.9 Å². The van der Waals surface area contributed by atoms with Gasteiger partial charge in [0.05, 0.1) is 11.8 Å². The summed E-state index contributed by atoms with van der Waals surface area (Å²) in [5, 5.41) is 3.46. The summed E-state index contributed by atoms with van der Waals surface area (Å²) in [4.78, 5) is 35.8. The van der Waals surface area contributed by atoms with Crippen molar-refractivity contribution in [3.63, 3.8) is 0 Å². The Balaban J connectivity index is 1.42. The summed E-state index contributed by atoms with van der Waals surface area (Å²) in [5.41, 5.74) is 6.23. The second-order valence-corrected chi connectivity index (χ2v) is 6.01. The Labute approximate surface area is 155 Å². The third-order valence-corrected chi connectivity index (χ3v) is 4.07. The standard InChI is InChI=1S/C19H20N4O4/c1-23-12-14(13-6-2-3-7-15(13)23)18(25)22-21-17(24)9-4-10-20-19(26)16-8-5-11-27-16/h2-3,5-8,11-12H,4,9-10H2,1H3,(H,20,26)(H,21,24)(H,22,25). The molecule has 0 aliphatic rings. The van der Waals surface area contributed by atoms with Crippen LogP contribution in [0.25, 0.3) is 10.9 Å². The highest BCUT2D eigenvalue weighted by Gasteiger charge is 2.14. The summed E-state index contributed by atoms with van der Waals surface area (Å²) in [6.07, 6.45) is 3.73. The molecule has 0 saturated carbocycles. The second-order valence-electron chi connectivity index (χ2n) is 6.01. The Hall–Kier alpha value is -3.55. The highest BCUT2D eigenvalue weighted by atomic mass is 16.3. The molecular weight excluding hydrogens is 348 g/mol. The van der Waals surface area contributed by atoms with Crippen LogP contribution in [-0.4, -0.2) is 28.8 Å². The van der Waals surface area contributed by atoms with Crippen LogP contribution in [0.4, 0.5) is 0 Å². The third kappa shape index (κ3) is 4.35. The number of carbonyl (C=O) groups is 3. The first kappa shape index (κ1) is 18.2. The van der Waals surface area contributed by atoms with E-state index in [-0.39, 0.29) is 29.9 Å². The number of fused-ring (bicyclic) bond motifs is 1. The maximum atomic E-state index is 12.3. The molecule has 0 unspecified atom stereocenters. The van der Waals surface area contributed by atoms with Crippen molar-refractivity contribution in [3.05, 3.63) is 60.2 Å². The molecule has 2 aromatic heterocycles. The molecule has 0 spiro atoms. The van der Waals surface area contributed by atoms with Crippen molar-refractivity contribution in [1.82, 2.24) is 20.7 Å². The summed E-state index contributed by atoms with van der Waals surface area (Å²) in [7, 11) is 1.86. The highest BCUT2D eigenvalue weighted by molar-refractivity contribution is 6.07. The number of para-hydroxylation sites is 1. The molecule has 27 heavy (non-hydrogen) atoms. The summed E-state index contributed by atoms with van der Waals surface area (Å²) >= 11 is 0. The van der Waals surface area contributed by atoms with Crippen LogP contribution in [0.3, 0.4) is 0 Å². The van der Waals surface area contributed by atoms with Crippen molar-refractivity contribution in [2.75, 3.05) is 6.54 Å². The van der Waals surface area contributed by atoms with Crippen molar-refractivity contribution in [1.29, 1.82) is 0 Å². The molecule has 0 saturated heterocycles. The lowest BCUT2D eigenvalue weighted by molar-refractivity contribution is -0.121. The van der Waals surface area contributed by atoms with Gasteiger partial charge >= 0.3 is 0 Å². The van der Waals surface area contributed by atoms with Gasteiger partial charge in [0, 0.05) is 37.1 Å². The Morgan fingerprint density at radius 2 is 1.85 bits per heavy atom. The summed E-state index contributed by atoms with van der Waals surface area (Å²) in [6.45, 7) is 0.324. The number of hydrogen-bond donors (Lipinski definition) is 3. The molecule has 8 nitrogen and oxygen atoms in total. The van der Waals surface area contributed by atoms with Gasteiger partial charge < -0.3 is 14.3 Å². The molecule has 0 bridgehead atoms. The Morgan fingerprint density at radius 3 is 2.63 bits per heavy atom. The number of furan rings is 1. The minimum absolute atomic E-state index is 0.161. The Kier molecular flexibility index (Phi) is 5.55. The molecule has 2 heterocycles. The van der Waals surface area contributed by atoms with Crippen LogP contribution in [0.1, 0.15) is 33.8 Å². The van der Waals surface area contributed by atoms with Crippen molar-refractivity contribution >= 4 is 28.6 Å². The van der Waals surface area contributed by atoms with E-state index in [1.165, 1.54) is 6.26 Å². The van der Waals surface area contributed by atoms with Crippen LogP contribution in [0.2, 0.25) is 0 Å². The van der Waals surface area contributed by atoms with Gasteiger partial charge in [0.2, 0.25) is 5.91 Å².